The molecule has 35 heavy (non-hydrogen) atoms. The Balaban J connectivity index is 3.05. The standard InChI is InChI=1S/C22H34N4O9/c1-12(2)9-16(23-13(3)28)20(33)25-15(6-7-18(29)30)22(35)26-8-4-5-17(26)21(34)24-14(11-27)10-19(31)32/h11-12,14-17H,4-10H2,1-3H3,(H,23,28)(H,24,34)(H,25,33)(H,29,30)(H,31,32)/t14-,15?,16-,17?/m0/s1. The smallest absolute Gasteiger partial charge is 0.305 e. The Hall–Kier alpha value is -3.51. The van der Waals surface area contributed by atoms with Crippen molar-refractivity contribution in [1.29, 1.82) is 0 Å². The second-order valence-electron chi connectivity index (χ2n) is 8.91. The molecule has 196 valence electrons. The topological polar surface area (TPSA) is 199 Å². The summed E-state index contributed by atoms with van der Waals surface area (Å²) in [6, 6.07) is -4.48. The van der Waals surface area contributed by atoms with Crippen LogP contribution in [0.2, 0.25) is 0 Å². The monoisotopic (exact) mass is 498 g/mol. The summed E-state index contributed by atoms with van der Waals surface area (Å²) < 4.78 is 0. The van der Waals surface area contributed by atoms with Crippen molar-refractivity contribution in [3.05, 3.63) is 0 Å². The highest BCUT2D eigenvalue weighted by molar-refractivity contribution is 5.95. The van der Waals surface area contributed by atoms with Gasteiger partial charge in [-0.25, -0.2) is 0 Å². The normalized spacial score (nSPS) is 17.7. The minimum Gasteiger partial charge on any atom is -0.481 e. The molecule has 4 atom stereocenters. The molecule has 4 amide bonds. The molecule has 1 aliphatic rings. The number of hydrogen-bond donors (Lipinski definition) is 5. The highest BCUT2D eigenvalue weighted by atomic mass is 16.4. The lowest BCUT2D eigenvalue weighted by Gasteiger charge is -2.30. The molecule has 0 aromatic rings. The second-order valence-corrected chi connectivity index (χ2v) is 8.91. The number of amides is 4. The quantitative estimate of drug-likeness (QED) is 0.187. The molecule has 1 heterocycles. The molecule has 0 aromatic carbocycles. The van der Waals surface area contributed by atoms with Crippen molar-refractivity contribution in [2.75, 3.05) is 6.54 Å². The Labute approximate surface area is 203 Å². The molecule has 2 unspecified atom stereocenters. The van der Waals surface area contributed by atoms with Crippen LogP contribution in [-0.4, -0.2) is 87.7 Å². The molecule has 0 aliphatic carbocycles. The molecule has 13 heteroatoms. The van der Waals surface area contributed by atoms with E-state index >= 15 is 0 Å². The fourth-order valence-electron chi connectivity index (χ4n) is 3.85. The highest BCUT2D eigenvalue weighted by Crippen LogP contribution is 2.20. The Bertz CT molecular complexity index is 830. The Morgan fingerprint density at radius 2 is 1.66 bits per heavy atom. The lowest BCUT2D eigenvalue weighted by atomic mass is 10.0. The minimum absolute atomic E-state index is 0.0361. The molecule has 1 fully saturated rings. The van der Waals surface area contributed by atoms with E-state index in [1.54, 1.807) is 0 Å². The SMILES string of the molecule is CC(=O)N[C@@H](CC(C)C)C(=O)NC(CCC(=O)O)C(=O)N1CCCC1C(=O)N[C@H](C=O)CC(=O)O. The average Bonchev–Trinajstić information content (AvgIpc) is 3.23. The fraction of sp³-hybridized carbons (Fsp3) is 0.682. The number of carbonyl (C=O) groups is 7. The van der Waals surface area contributed by atoms with E-state index in [1.165, 1.54) is 11.8 Å². The van der Waals surface area contributed by atoms with Gasteiger partial charge in [0, 0.05) is 19.9 Å². The largest absolute Gasteiger partial charge is 0.481 e. The molecule has 0 radical (unpaired) electrons. The van der Waals surface area contributed by atoms with Crippen molar-refractivity contribution in [2.45, 2.75) is 83.5 Å². The van der Waals surface area contributed by atoms with Crippen LogP contribution in [0.1, 0.15) is 59.3 Å². The summed E-state index contributed by atoms with van der Waals surface area (Å²) in [5, 5.41) is 25.3. The van der Waals surface area contributed by atoms with Gasteiger partial charge in [-0.15, -0.1) is 0 Å². The first kappa shape index (κ1) is 29.5. The van der Waals surface area contributed by atoms with Gasteiger partial charge in [0.2, 0.25) is 23.6 Å². The molecule has 0 saturated carbocycles. The minimum atomic E-state index is -1.28. The summed E-state index contributed by atoms with van der Waals surface area (Å²) in [7, 11) is 0. The molecule has 13 nitrogen and oxygen atoms in total. The maximum atomic E-state index is 13.3. The zero-order valence-corrected chi connectivity index (χ0v) is 20.1. The van der Waals surface area contributed by atoms with Gasteiger partial charge < -0.3 is 35.9 Å². The molecular formula is C22H34N4O9. The van der Waals surface area contributed by atoms with Gasteiger partial charge in [-0.3, -0.25) is 28.8 Å². The number of carboxylic acids is 2. The third kappa shape index (κ3) is 10.1. The van der Waals surface area contributed by atoms with E-state index in [0.717, 1.165) is 0 Å². The molecular weight excluding hydrogens is 464 g/mol. The van der Waals surface area contributed by atoms with Crippen LogP contribution in [0, 0.1) is 5.92 Å². The number of nitrogens with one attached hydrogen (secondary N) is 3. The number of nitrogens with zero attached hydrogens (tertiary/aromatic N) is 1. The van der Waals surface area contributed by atoms with Gasteiger partial charge in [-0.1, -0.05) is 13.8 Å². The summed E-state index contributed by atoms with van der Waals surface area (Å²) in [5.41, 5.74) is 0. The van der Waals surface area contributed by atoms with E-state index < -0.39 is 72.6 Å². The third-order valence-electron chi connectivity index (χ3n) is 5.39. The number of aliphatic carboxylic acids is 2. The Morgan fingerprint density at radius 1 is 1.00 bits per heavy atom. The van der Waals surface area contributed by atoms with Crippen LogP contribution >= 0.6 is 0 Å². The van der Waals surface area contributed by atoms with Crippen molar-refractivity contribution in [2.24, 2.45) is 5.92 Å². The fourth-order valence-corrected chi connectivity index (χ4v) is 3.85. The first-order valence-electron chi connectivity index (χ1n) is 11.4. The number of carboxylic acid groups (broad SMARTS) is 2. The number of likely N-dealkylation sites (tertiary alicyclic amines) is 1. The van der Waals surface area contributed by atoms with Crippen LogP contribution in [0.4, 0.5) is 0 Å². The van der Waals surface area contributed by atoms with E-state index in [9.17, 15) is 33.6 Å². The van der Waals surface area contributed by atoms with Gasteiger partial charge in [0.05, 0.1) is 12.5 Å². The maximum Gasteiger partial charge on any atom is 0.305 e. The van der Waals surface area contributed by atoms with E-state index in [4.69, 9.17) is 10.2 Å². The van der Waals surface area contributed by atoms with E-state index in [2.05, 4.69) is 16.0 Å². The predicted molar refractivity (Wildman–Crippen MR) is 121 cm³/mol. The first-order valence-corrected chi connectivity index (χ1v) is 11.4. The lowest BCUT2D eigenvalue weighted by Crippen LogP contribution is -2.57. The van der Waals surface area contributed by atoms with E-state index in [-0.39, 0.29) is 31.7 Å². The van der Waals surface area contributed by atoms with Crippen molar-refractivity contribution >= 4 is 41.9 Å². The molecule has 1 aliphatic heterocycles. The Morgan fingerprint density at radius 3 is 2.17 bits per heavy atom. The van der Waals surface area contributed by atoms with Crippen LogP contribution in [0.25, 0.3) is 0 Å². The van der Waals surface area contributed by atoms with E-state index in [1.807, 2.05) is 13.8 Å². The molecule has 0 bridgehead atoms. The van der Waals surface area contributed by atoms with E-state index in [0.29, 0.717) is 12.7 Å². The van der Waals surface area contributed by atoms with Gasteiger partial charge in [0.1, 0.15) is 24.4 Å². The average molecular weight is 499 g/mol. The summed E-state index contributed by atoms with van der Waals surface area (Å²) in [5.74, 6) is -4.92. The third-order valence-corrected chi connectivity index (χ3v) is 5.39. The van der Waals surface area contributed by atoms with Crippen LogP contribution < -0.4 is 16.0 Å². The molecule has 1 saturated heterocycles. The second kappa shape index (κ2) is 14.0. The van der Waals surface area contributed by atoms with Gasteiger partial charge in [0.15, 0.2) is 0 Å². The van der Waals surface area contributed by atoms with Gasteiger partial charge in [0.25, 0.3) is 0 Å². The molecule has 0 aromatic heterocycles. The van der Waals surface area contributed by atoms with Crippen molar-refractivity contribution in [1.82, 2.24) is 20.9 Å². The number of carbonyl (C=O) groups excluding carboxylic acids is 5. The molecule has 0 spiro atoms. The van der Waals surface area contributed by atoms with Crippen molar-refractivity contribution < 1.29 is 43.8 Å². The lowest BCUT2D eigenvalue weighted by molar-refractivity contribution is -0.144. The van der Waals surface area contributed by atoms with Crippen molar-refractivity contribution in [3.8, 4) is 0 Å². The zero-order chi connectivity index (χ0) is 26.7. The van der Waals surface area contributed by atoms with Crippen molar-refractivity contribution in [3.63, 3.8) is 0 Å². The van der Waals surface area contributed by atoms with Crippen LogP contribution in [-0.2, 0) is 33.6 Å². The Kier molecular flexibility index (Phi) is 11.8. The van der Waals surface area contributed by atoms with Crippen LogP contribution in [0.5, 0.6) is 0 Å². The summed E-state index contributed by atoms with van der Waals surface area (Å²) in [6.07, 6.45) is -0.0186. The van der Waals surface area contributed by atoms with Gasteiger partial charge >= 0.3 is 11.9 Å². The van der Waals surface area contributed by atoms with Gasteiger partial charge in [-0.05, 0) is 31.6 Å². The molecule has 5 N–H and O–H groups in total. The summed E-state index contributed by atoms with van der Waals surface area (Å²) in [6.45, 7) is 5.10. The zero-order valence-electron chi connectivity index (χ0n) is 20.1. The maximum absolute atomic E-state index is 13.3. The summed E-state index contributed by atoms with van der Waals surface area (Å²) >= 11 is 0. The van der Waals surface area contributed by atoms with Crippen LogP contribution in [0.3, 0.4) is 0 Å². The van der Waals surface area contributed by atoms with Crippen LogP contribution in [0.15, 0.2) is 0 Å². The number of rotatable bonds is 14. The van der Waals surface area contributed by atoms with Gasteiger partial charge in [-0.2, -0.15) is 0 Å². The molecule has 1 rings (SSSR count). The number of aldehydes is 1. The number of hydrogen-bond acceptors (Lipinski definition) is 7. The summed E-state index contributed by atoms with van der Waals surface area (Å²) in [4.78, 5) is 84.7. The predicted octanol–water partition coefficient (Wildman–Crippen LogP) is -0.964. The highest BCUT2D eigenvalue weighted by Gasteiger charge is 2.39. The first-order chi connectivity index (χ1) is 16.3.